The maximum absolute atomic E-state index is 8.48. The third-order valence-corrected chi connectivity index (χ3v) is 4.35. The van der Waals surface area contributed by atoms with Crippen molar-refractivity contribution < 1.29 is 0 Å². The highest BCUT2D eigenvalue weighted by Crippen LogP contribution is 2.26. The molecular weight excluding hydrogens is 210 g/mol. The van der Waals surface area contributed by atoms with Crippen LogP contribution < -0.4 is 0 Å². The summed E-state index contributed by atoms with van der Waals surface area (Å²) in [6.07, 6.45) is 7.73. The Hall–Kier alpha value is -0.570. The summed E-state index contributed by atoms with van der Waals surface area (Å²) in [5.74, 6) is 1.49. The second kappa shape index (κ2) is 5.85. The van der Waals surface area contributed by atoms with E-state index in [4.69, 9.17) is 5.41 Å². The Morgan fingerprint density at radius 2 is 1.76 bits per heavy atom. The van der Waals surface area contributed by atoms with Crippen LogP contribution in [0.25, 0.3) is 0 Å². The molecule has 1 atom stereocenters. The maximum Gasteiger partial charge on any atom is 0.0992 e. The Morgan fingerprint density at radius 3 is 2.47 bits per heavy atom. The van der Waals surface area contributed by atoms with Gasteiger partial charge in [0, 0.05) is 25.0 Å². The summed E-state index contributed by atoms with van der Waals surface area (Å²) >= 11 is 0. The van der Waals surface area contributed by atoms with Gasteiger partial charge in [-0.2, -0.15) is 0 Å². The van der Waals surface area contributed by atoms with Crippen molar-refractivity contribution in [3.05, 3.63) is 0 Å². The van der Waals surface area contributed by atoms with Crippen molar-refractivity contribution >= 4 is 5.84 Å². The maximum atomic E-state index is 8.48. The van der Waals surface area contributed by atoms with Crippen LogP contribution in [0, 0.1) is 11.3 Å². The molecule has 1 N–H and O–H groups in total. The molecule has 3 nitrogen and oxygen atoms in total. The molecule has 1 aliphatic carbocycles. The molecule has 0 bridgehead atoms. The Labute approximate surface area is 106 Å². The second-order valence-electron chi connectivity index (χ2n) is 5.88. The number of nitrogens with one attached hydrogen (secondary N) is 1. The van der Waals surface area contributed by atoms with Gasteiger partial charge in [0.15, 0.2) is 0 Å². The molecule has 17 heavy (non-hydrogen) atoms. The lowest BCUT2D eigenvalue weighted by Crippen LogP contribution is -2.44. The molecule has 1 saturated heterocycles. The van der Waals surface area contributed by atoms with Crippen LogP contribution in [0.2, 0.25) is 0 Å². The molecule has 0 radical (unpaired) electrons. The minimum Gasteiger partial charge on any atom is -0.356 e. The molecule has 2 aliphatic rings. The monoisotopic (exact) mass is 237 g/mol. The second-order valence-corrected chi connectivity index (χ2v) is 5.88. The van der Waals surface area contributed by atoms with Gasteiger partial charge in [0.25, 0.3) is 0 Å². The average Bonchev–Trinajstić information content (AvgIpc) is 2.50. The van der Waals surface area contributed by atoms with Gasteiger partial charge in [0.2, 0.25) is 0 Å². The lowest BCUT2D eigenvalue weighted by molar-refractivity contribution is 0.269. The summed E-state index contributed by atoms with van der Waals surface area (Å²) in [4.78, 5) is 4.78. The van der Waals surface area contributed by atoms with Crippen LogP contribution in [-0.4, -0.2) is 48.4 Å². The molecule has 0 spiro atoms. The third kappa shape index (κ3) is 3.21. The van der Waals surface area contributed by atoms with E-state index in [1.807, 2.05) is 0 Å². The number of amidine groups is 1. The van der Waals surface area contributed by atoms with Gasteiger partial charge in [-0.3, -0.25) is 5.41 Å². The summed E-state index contributed by atoms with van der Waals surface area (Å²) < 4.78 is 0. The Bertz CT molecular complexity index is 258. The summed E-state index contributed by atoms with van der Waals surface area (Å²) in [5.41, 5.74) is 0. The minimum absolute atomic E-state index is 0.511. The fraction of sp³-hybridized carbons (Fsp3) is 0.929. The average molecular weight is 237 g/mol. The van der Waals surface area contributed by atoms with Crippen molar-refractivity contribution in [2.24, 2.45) is 5.92 Å². The number of nitrogens with zero attached hydrogens (tertiary/aromatic N) is 2. The van der Waals surface area contributed by atoms with Crippen LogP contribution >= 0.6 is 0 Å². The molecule has 0 aromatic rings. The largest absolute Gasteiger partial charge is 0.356 e. The smallest absolute Gasteiger partial charge is 0.0992 e. The minimum atomic E-state index is 0.511. The Kier molecular flexibility index (Phi) is 4.43. The topological polar surface area (TPSA) is 30.3 Å². The van der Waals surface area contributed by atoms with Gasteiger partial charge in [-0.1, -0.05) is 19.3 Å². The molecule has 2 rings (SSSR count). The van der Waals surface area contributed by atoms with Gasteiger partial charge in [-0.15, -0.1) is 0 Å². The SMILES string of the molecule is CC1CN(C)CCCN1C(=N)C1CCCCC1. The highest BCUT2D eigenvalue weighted by atomic mass is 15.3. The van der Waals surface area contributed by atoms with E-state index in [0.717, 1.165) is 18.9 Å². The fourth-order valence-electron chi connectivity index (χ4n) is 3.34. The zero-order valence-electron chi connectivity index (χ0n) is 11.4. The molecule has 0 aromatic carbocycles. The van der Waals surface area contributed by atoms with Gasteiger partial charge in [-0.05, 0) is 39.8 Å². The first-order valence-corrected chi connectivity index (χ1v) is 7.22. The summed E-state index contributed by atoms with van der Waals surface area (Å²) in [6, 6.07) is 0.511. The van der Waals surface area contributed by atoms with Crippen molar-refractivity contribution in [2.75, 3.05) is 26.7 Å². The van der Waals surface area contributed by atoms with Crippen LogP contribution in [-0.2, 0) is 0 Å². The van der Waals surface area contributed by atoms with Crippen LogP contribution in [0.15, 0.2) is 0 Å². The van der Waals surface area contributed by atoms with Crippen molar-refractivity contribution in [2.45, 2.75) is 51.5 Å². The standard InChI is InChI=1S/C14H27N3/c1-12-11-16(2)9-6-10-17(12)14(15)13-7-4-3-5-8-13/h12-13,15H,3-11H2,1-2H3. The van der Waals surface area contributed by atoms with Crippen molar-refractivity contribution in [3.8, 4) is 0 Å². The number of rotatable bonds is 1. The van der Waals surface area contributed by atoms with Crippen molar-refractivity contribution in [3.63, 3.8) is 0 Å². The first-order chi connectivity index (χ1) is 8.18. The van der Waals surface area contributed by atoms with E-state index < -0.39 is 0 Å². The molecule has 3 heteroatoms. The normalized spacial score (nSPS) is 29.1. The van der Waals surface area contributed by atoms with Gasteiger partial charge in [0.1, 0.15) is 0 Å². The van der Waals surface area contributed by atoms with Gasteiger partial charge >= 0.3 is 0 Å². The van der Waals surface area contributed by atoms with E-state index >= 15 is 0 Å². The molecule has 1 saturated carbocycles. The van der Waals surface area contributed by atoms with Gasteiger partial charge in [0.05, 0.1) is 5.84 Å². The first kappa shape index (κ1) is 12.9. The van der Waals surface area contributed by atoms with E-state index in [0.29, 0.717) is 12.0 Å². The van der Waals surface area contributed by atoms with E-state index in [1.165, 1.54) is 45.1 Å². The lowest BCUT2D eigenvalue weighted by atomic mass is 9.87. The summed E-state index contributed by atoms with van der Waals surface area (Å²) in [6.45, 7) is 5.65. The van der Waals surface area contributed by atoms with Gasteiger partial charge in [-0.25, -0.2) is 0 Å². The molecule has 98 valence electrons. The zero-order valence-corrected chi connectivity index (χ0v) is 11.4. The quantitative estimate of drug-likeness (QED) is 0.561. The van der Waals surface area contributed by atoms with Gasteiger partial charge < -0.3 is 9.80 Å². The zero-order chi connectivity index (χ0) is 12.3. The molecule has 2 fully saturated rings. The molecule has 1 unspecified atom stereocenters. The third-order valence-electron chi connectivity index (χ3n) is 4.35. The molecular formula is C14H27N3. The Balaban J connectivity index is 1.96. The van der Waals surface area contributed by atoms with Crippen molar-refractivity contribution in [1.29, 1.82) is 5.41 Å². The molecule has 0 aromatic heterocycles. The predicted octanol–water partition coefficient (Wildman–Crippen LogP) is 2.57. The van der Waals surface area contributed by atoms with Crippen LogP contribution in [0.4, 0.5) is 0 Å². The first-order valence-electron chi connectivity index (χ1n) is 7.22. The highest BCUT2D eigenvalue weighted by molar-refractivity contribution is 5.82. The summed E-state index contributed by atoms with van der Waals surface area (Å²) in [5, 5.41) is 8.48. The fourth-order valence-corrected chi connectivity index (χ4v) is 3.34. The number of likely N-dealkylation sites (N-methyl/N-ethyl adjacent to an activating group) is 1. The molecule has 1 heterocycles. The predicted molar refractivity (Wildman–Crippen MR) is 72.6 cm³/mol. The molecule has 1 aliphatic heterocycles. The molecule has 0 amide bonds. The van der Waals surface area contributed by atoms with E-state index in [1.54, 1.807) is 0 Å². The highest BCUT2D eigenvalue weighted by Gasteiger charge is 2.27. The number of hydrogen-bond acceptors (Lipinski definition) is 2. The van der Waals surface area contributed by atoms with E-state index in [2.05, 4.69) is 23.8 Å². The van der Waals surface area contributed by atoms with E-state index in [9.17, 15) is 0 Å². The van der Waals surface area contributed by atoms with E-state index in [-0.39, 0.29) is 0 Å². The lowest BCUT2D eigenvalue weighted by Gasteiger charge is -2.35. The van der Waals surface area contributed by atoms with Crippen LogP contribution in [0.1, 0.15) is 45.4 Å². The Morgan fingerprint density at radius 1 is 1.06 bits per heavy atom. The summed E-state index contributed by atoms with van der Waals surface area (Å²) in [7, 11) is 2.20. The van der Waals surface area contributed by atoms with Crippen LogP contribution in [0.5, 0.6) is 0 Å². The van der Waals surface area contributed by atoms with Crippen molar-refractivity contribution in [1.82, 2.24) is 9.80 Å². The van der Waals surface area contributed by atoms with Crippen LogP contribution in [0.3, 0.4) is 0 Å². The number of hydrogen-bond donors (Lipinski definition) is 1.